The van der Waals surface area contributed by atoms with Crippen LogP contribution >= 0.6 is 0 Å². The van der Waals surface area contributed by atoms with E-state index in [4.69, 9.17) is 5.26 Å². The number of carbonyl (C=O) groups excluding carboxylic acids is 1. The van der Waals surface area contributed by atoms with E-state index < -0.39 is 0 Å². The van der Waals surface area contributed by atoms with E-state index in [0.717, 1.165) is 0 Å². The van der Waals surface area contributed by atoms with Crippen LogP contribution in [-0.4, -0.2) is 21.3 Å². The molecule has 0 atom stereocenters. The van der Waals surface area contributed by atoms with Crippen molar-refractivity contribution in [2.45, 2.75) is 0 Å². The smallest absolute Gasteiger partial charge is 0.170 e. The van der Waals surface area contributed by atoms with Gasteiger partial charge in [-0.3, -0.25) is 4.79 Å². The molecule has 0 saturated carbocycles. The fraction of sp³-hybridized carbons (Fsp3) is 0. The number of hydrogen-bond acceptors (Lipinski definition) is 4. The molecule has 1 heterocycles. The standard InChI is InChI=1S/C10H6N4O/c11-5-8-2-1-3-9(4-8)14-10(7-15)6-12-13-14/h1-4,6-7H. The van der Waals surface area contributed by atoms with Crippen LogP contribution in [0.1, 0.15) is 16.1 Å². The second-order valence-electron chi connectivity index (χ2n) is 2.85. The van der Waals surface area contributed by atoms with Crippen molar-refractivity contribution in [3.8, 4) is 11.8 Å². The van der Waals surface area contributed by atoms with Crippen molar-refractivity contribution in [3.05, 3.63) is 41.7 Å². The van der Waals surface area contributed by atoms with E-state index in [9.17, 15) is 4.79 Å². The Kier molecular flexibility index (Phi) is 2.25. The molecule has 0 aliphatic heterocycles. The number of nitrogens with zero attached hydrogens (tertiary/aromatic N) is 4. The molecule has 0 saturated heterocycles. The molecule has 5 nitrogen and oxygen atoms in total. The third-order valence-electron chi connectivity index (χ3n) is 1.92. The molecule has 0 aliphatic carbocycles. The van der Waals surface area contributed by atoms with E-state index in [2.05, 4.69) is 10.3 Å². The van der Waals surface area contributed by atoms with Gasteiger partial charge in [0, 0.05) is 0 Å². The largest absolute Gasteiger partial charge is 0.296 e. The molecule has 2 aromatic rings. The minimum atomic E-state index is 0.352. The summed E-state index contributed by atoms with van der Waals surface area (Å²) in [6, 6.07) is 8.82. The molecule has 0 spiro atoms. The van der Waals surface area contributed by atoms with Crippen molar-refractivity contribution < 1.29 is 4.79 Å². The minimum Gasteiger partial charge on any atom is -0.296 e. The number of aldehydes is 1. The fourth-order valence-corrected chi connectivity index (χ4v) is 1.23. The summed E-state index contributed by atoms with van der Waals surface area (Å²) >= 11 is 0. The fourth-order valence-electron chi connectivity index (χ4n) is 1.23. The Morgan fingerprint density at radius 1 is 1.47 bits per heavy atom. The highest BCUT2D eigenvalue weighted by molar-refractivity contribution is 5.72. The monoisotopic (exact) mass is 198 g/mol. The van der Waals surface area contributed by atoms with Gasteiger partial charge in [0.05, 0.1) is 23.5 Å². The zero-order valence-corrected chi connectivity index (χ0v) is 7.66. The van der Waals surface area contributed by atoms with Crippen molar-refractivity contribution in [2.75, 3.05) is 0 Å². The maximum absolute atomic E-state index is 10.7. The van der Waals surface area contributed by atoms with Crippen molar-refractivity contribution in [2.24, 2.45) is 0 Å². The average molecular weight is 198 g/mol. The number of benzene rings is 1. The predicted octanol–water partition coefficient (Wildman–Crippen LogP) is 0.951. The summed E-state index contributed by atoms with van der Waals surface area (Å²) in [4.78, 5) is 10.7. The Bertz CT molecular complexity index is 538. The Balaban J connectivity index is 2.54. The minimum absolute atomic E-state index is 0.352. The lowest BCUT2D eigenvalue weighted by Gasteiger charge is -2.01. The highest BCUT2D eigenvalue weighted by Gasteiger charge is 2.04. The van der Waals surface area contributed by atoms with Gasteiger partial charge in [0.25, 0.3) is 0 Å². The molecule has 0 unspecified atom stereocenters. The van der Waals surface area contributed by atoms with Crippen LogP contribution in [0.3, 0.4) is 0 Å². The van der Waals surface area contributed by atoms with Crippen LogP contribution < -0.4 is 0 Å². The zero-order valence-electron chi connectivity index (χ0n) is 7.66. The van der Waals surface area contributed by atoms with Crippen LogP contribution in [0.2, 0.25) is 0 Å². The van der Waals surface area contributed by atoms with Crippen LogP contribution in [0, 0.1) is 11.3 Å². The molecule has 5 heteroatoms. The van der Waals surface area contributed by atoms with Gasteiger partial charge < -0.3 is 0 Å². The van der Waals surface area contributed by atoms with Crippen LogP contribution in [0.25, 0.3) is 5.69 Å². The molecule has 1 aromatic heterocycles. The van der Waals surface area contributed by atoms with Crippen LogP contribution in [0.15, 0.2) is 30.5 Å². The van der Waals surface area contributed by atoms with Crippen LogP contribution in [0.4, 0.5) is 0 Å². The van der Waals surface area contributed by atoms with E-state index in [1.165, 1.54) is 10.9 Å². The summed E-state index contributed by atoms with van der Waals surface area (Å²) in [5, 5.41) is 16.1. The van der Waals surface area contributed by atoms with Gasteiger partial charge in [0.15, 0.2) is 6.29 Å². The molecule has 15 heavy (non-hydrogen) atoms. The van der Waals surface area contributed by atoms with E-state index in [-0.39, 0.29) is 0 Å². The third kappa shape index (κ3) is 1.60. The second kappa shape index (κ2) is 3.72. The number of carbonyl (C=O) groups is 1. The summed E-state index contributed by atoms with van der Waals surface area (Å²) in [6.07, 6.45) is 2.03. The van der Waals surface area contributed by atoms with Gasteiger partial charge >= 0.3 is 0 Å². The summed E-state index contributed by atoms with van der Waals surface area (Å²) in [6.45, 7) is 0. The normalized spacial score (nSPS) is 9.53. The lowest BCUT2D eigenvalue weighted by molar-refractivity contribution is 0.111. The zero-order chi connectivity index (χ0) is 10.7. The Morgan fingerprint density at radius 3 is 3.07 bits per heavy atom. The molecule has 0 fully saturated rings. The summed E-state index contributed by atoms with van der Waals surface area (Å²) in [5.74, 6) is 0. The molecular weight excluding hydrogens is 192 g/mol. The van der Waals surface area contributed by atoms with Crippen LogP contribution in [0.5, 0.6) is 0 Å². The van der Waals surface area contributed by atoms with Crippen molar-refractivity contribution >= 4 is 6.29 Å². The van der Waals surface area contributed by atoms with Gasteiger partial charge in [-0.2, -0.15) is 5.26 Å². The number of aromatic nitrogens is 3. The van der Waals surface area contributed by atoms with Gasteiger partial charge in [-0.1, -0.05) is 11.3 Å². The first-order valence-corrected chi connectivity index (χ1v) is 4.21. The van der Waals surface area contributed by atoms with Gasteiger partial charge in [-0.15, -0.1) is 5.10 Å². The van der Waals surface area contributed by atoms with Gasteiger partial charge in [0.2, 0.25) is 0 Å². The van der Waals surface area contributed by atoms with E-state index in [1.54, 1.807) is 24.3 Å². The van der Waals surface area contributed by atoms with E-state index in [1.807, 2.05) is 6.07 Å². The Morgan fingerprint density at radius 2 is 2.33 bits per heavy atom. The topological polar surface area (TPSA) is 71.6 Å². The number of rotatable bonds is 2. The van der Waals surface area contributed by atoms with Crippen LogP contribution in [-0.2, 0) is 0 Å². The lowest BCUT2D eigenvalue weighted by atomic mass is 10.2. The van der Waals surface area contributed by atoms with E-state index in [0.29, 0.717) is 23.2 Å². The molecule has 0 aliphatic rings. The van der Waals surface area contributed by atoms with Crippen molar-refractivity contribution in [1.29, 1.82) is 5.26 Å². The molecule has 0 amide bonds. The first-order chi connectivity index (χ1) is 7.35. The molecule has 0 N–H and O–H groups in total. The predicted molar refractivity (Wildman–Crippen MR) is 51.5 cm³/mol. The quantitative estimate of drug-likeness (QED) is 0.673. The maximum atomic E-state index is 10.7. The first-order valence-electron chi connectivity index (χ1n) is 4.21. The molecule has 72 valence electrons. The first kappa shape index (κ1) is 9.09. The Hall–Kier alpha value is -2.48. The molecule has 0 radical (unpaired) electrons. The summed E-state index contributed by atoms with van der Waals surface area (Å²) in [5.41, 5.74) is 1.51. The number of hydrogen-bond donors (Lipinski definition) is 0. The van der Waals surface area contributed by atoms with Gasteiger partial charge in [-0.05, 0) is 18.2 Å². The van der Waals surface area contributed by atoms with E-state index >= 15 is 0 Å². The van der Waals surface area contributed by atoms with Crippen molar-refractivity contribution in [1.82, 2.24) is 15.0 Å². The molecule has 1 aromatic carbocycles. The highest BCUT2D eigenvalue weighted by atomic mass is 16.1. The maximum Gasteiger partial charge on any atom is 0.170 e. The lowest BCUT2D eigenvalue weighted by Crippen LogP contribution is -2.01. The SMILES string of the molecule is N#Cc1cccc(-n2nncc2C=O)c1. The summed E-state index contributed by atoms with van der Waals surface area (Å²) in [7, 11) is 0. The third-order valence-corrected chi connectivity index (χ3v) is 1.92. The molecule has 2 rings (SSSR count). The number of nitriles is 1. The molecule has 0 bridgehead atoms. The molecular formula is C10H6N4O. The second-order valence-corrected chi connectivity index (χ2v) is 2.85. The Labute approximate surface area is 85.6 Å². The van der Waals surface area contributed by atoms with Gasteiger partial charge in [0.1, 0.15) is 5.69 Å². The van der Waals surface area contributed by atoms with Crippen molar-refractivity contribution in [3.63, 3.8) is 0 Å². The summed E-state index contributed by atoms with van der Waals surface area (Å²) < 4.78 is 1.38. The average Bonchev–Trinajstić information content (AvgIpc) is 2.77. The highest BCUT2D eigenvalue weighted by Crippen LogP contribution is 2.10. The van der Waals surface area contributed by atoms with Gasteiger partial charge in [-0.25, -0.2) is 4.68 Å².